The zero-order valence-corrected chi connectivity index (χ0v) is 108. The van der Waals surface area contributed by atoms with Gasteiger partial charge in [-0.1, -0.05) is 111 Å². The second-order valence-corrected chi connectivity index (χ2v) is 43.4. The van der Waals surface area contributed by atoms with E-state index in [-0.39, 0.29) is 48.8 Å². The van der Waals surface area contributed by atoms with Crippen LogP contribution in [0.25, 0.3) is 0 Å². The van der Waals surface area contributed by atoms with Crippen molar-refractivity contribution in [3.05, 3.63) is 0 Å². The number of ether oxygens (including phenoxy) is 30. The number of hydrogen-bond acceptors (Lipinski definition) is 30. The Balaban J connectivity index is -0.000000140. The standard InChI is InChI=1S/C14H30O4.C13H28O4.C12H26O4.C12H26O3.C11H24O3.C10H22O3.C10H22O2.C9H20O2.C8H18O2.C8H18O.C7H16O.C6H14O/c1-13(2)5-6-15-7-8-16-9-10-17-11-12-18-14(3)4;1-12(2)11-16-8-7-14-5-6-15-9-10-17-13(3)4;1-11(2)15-9-7-13-5-6-14-8-10-16-12(3)4;1-11(2)5-6-13-7-8-14-9-10-15-12(3)4;1-10(2)9-13-6-5-12-7-8-14-11(3)4;1-9(2)12-7-5-11-6-8-13-10(3)4;1-9(2)5-6-11-7-8-12-10(3)4;1-8(2)7-10-5-6-11-9(3)4;1-7(2)9-5-6-10-8(3)4;1-7(2)5-6-9-8(3)4;1-6(2)5-8-7(3)4;1-5(2)7-6(3)4/h13-14H,5-12H2,1-4H3;12-13H,5-11H2,1-4H3;11-12H,5-10H2,1-4H3;11-12H,5-10H2,1-4H3;10-11H,5-9H2,1-4H3;9-10H,5-8H2,1-4H3;9-10H,5-8H2,1-4H3;8-9H,5-7H2,1-4H3;7-8H,5-6H2,1-4H3;7-8H,5-6H2,1-4H3;6-7H,5H2,1-4H3;5-6H,1-4H3. The van der Waals surface area contributed by atoms with Crippen LogP contribution in [0.5, 0.6) is 0 Å². The highest BCUT2D eigenvalue weighted by Gasteiger charge is 2.07. The SMILES string of the molecule is CC(C)CCOC(C)C.CC(C)CCOCCOC(C)C.CC(C)CCOCCOCCOC(C)C.CC(C)CCOCCOCCOCCOC(C)C.CC(C)COC(C)C.CC(C)COCCOC(C)C.CC(C)COCCOCCOC(C)C.CC(C)COCCOCCOCCOC(C)C.CC(C)OC(C)C.CC(C)OCCOC(C)C.CC(C)OCCOCCOC(C)C.CC(C)OCCOCCOCCOC(C)C. The van der Waals surface area contributed by atoms with Crippen LogP contribution in [0.2, 0.25) is 0 Å². The summed E-state index contributed by atoms with van der Waals surface area (Å²) in [6.07, 6.45) is 9.58. The Bertz CT molecular complexity index is 2080. The van der Waals surface area contributed by atoms with Crippen LogP contribution >= 0.6 is 0 Å². The van der Waals surface area contributed by atoms with Crippen molar-refractivity contribution in [2.45, 2.75) is 456 Å². The van der Waals surface area contributed by atoms with Crippen LogP contribution in [0, 0.1) is 47.3 Å². The number of hydrogen-bond donors (Lipinski definition) is 0. The Morgan fingerprint density at radius 2 is 0.193 bits per heavy atom. The lowest BCUT2D eigenvalue weighted by Gasteiger charge is -2.09. The minimum absolute atomic E-state index is 0.271. The largest absolute Gasteiger partial charge is 0.379 e. The van der Waals surface area contributed by atoms with Crippen molar-refractivity contribution >= 4 is 0 Å². The van der Waals surface area contributed by atoms with Gasteiger partial charge in [-0.25, -0.2) is 0 Å². The van der Waals surface area contributed by atoms with Crippen molar-refractivity contribution in [2.75, 3.05) is 291 Å². The molecule has 0 rings (SSSR count). The lowest BCUT2D eigenvalue weighted by atomic mass is 10.1. The average molecular weight is 2190 g/mol. The van der Waals surface area contributed by atoms with E-state index in [4.69, 9.17) is 142 Å². The van der Waals surface area contributed by atoms with Crippen molar-refractivity contribution in [1.82, 2.24) is 0 Å². The van der Waals surface area contributed by atoms with Crippen molar-refractivity contribution < 1.29 is 142 Å². The molecule has 0 heterocycles. The summed E-state index contributed by atoms with van der Waals surface area (Å²) in [5.74, 6) is 5.38. The Kier molecular flexibility index (Phi) is 167. The van der Waals surface area contributed by atoms with Crippen LogP contribution in [0.4, 0.5) is 0 Å². The van der Waals surface area contributed by atoms with Gasteiger partial charge in [-0.2, -0.15) is 0 Å². The molecule has 0 saturated carbocycles. The van der Waals surface area contributed by atoms with E-state index in [2.05, 4.69) is 138 Å². The normalized spacial score (nSPS) is 11.5. The minimum atomic E-state index is 0.271. The van der Waals surface area contributed by atoms with E-state index < -0.39 is 0 Å². The molecule has 0 atom stereocenters. The summed E-state index contributed by atoms with van der Waals surface area (Å²) in [6, 6.07) is 0. The molecule has 30 heteroatoms. The van der Waals surface area contributed by atoms with Crippen molar-refractivity contribution in [1.29, 1.82) is 0 Å². The molecule has 0 aliphatic carbocycles. The zero-order valence-electron chi connectivity index (χ0n) is 108. The smallest absolute Gasteiger partial charge is 0.0704 e. The first kappa shape index (κ1) is 174. The van der Waals surface area contributed by atoms with E-state index in [0.717, 1.165) is 104 Å². The predicted octanol–water partition coefficient (Wildman–Crippen LogP) is 25.7. The molecular weight excluding hydrogens is 1920 g/mol. The summed E-state index contributed by atoms with van der Waals surface area (Å²) in [5, 5.41) is 0. The van der Waals surface area contributed by atoms with Crippen molar-refractivity contribution in [2.24, 2.45) is 47.3 Å². The van der Waals surface area contributed by atoms with Crippen LogP contribution in [0.15, 0.2) is 0 Å². The van der Waals surface area contributed by atoms with Gasteiger partial charge in [0.1, 0.15) is 0 Å². The fourth-order valence-electron chi connectivity index (χ4n) is 9.43. The Morgan fingerprint density at radius 3 is 0.307 bits per heavy atom. The van der Waals surface area contributed by atoms with Gasteiger partial charge in [0.25, 0.3) is 0 Å². The van der Waals surface area contributed by atoms with E-state index in [1.165, 1.54) is 6.42 Å². The van der Waals surface area contributed by atoms with E-state index in [1.807, 2.05) is 194 Å². The maximum absolute atomic E-state index is 5.43. The van der Waals surface area contributed by atoms with Gasteiger partial charge >= 0.3 is 0 Å². The molecule has 0 aliphatic rings. The summed E-state index contributed by atoms with van der Waals surface area (Å²) < 4.78 is 160. The highest BCUT2D eigenvalue weighted by molar-refractivity contribution is 4.53. The van der Waals surface area contributed by atoms with Gasteiger partial charge < -0.3 is 142 Å². The van der Waals surface area contributed by atoms with E-state index >= 15 is 0 Å². The van der Waals surface area contributed by atoms with Crippen LogP contribution in [-0.2, 0) is 142 Å². The molecule has 0 bridgehead atoms. The molecule has 0 aromatic carbocycles. The molecule has 0 N–H and O–H groups in total. The monoisotopic (exact) mass is 2190 g/mol. The Labute approximate surface area is 931 Å². The topological polar surface area (TPSA) is 277 Å². The fourth-order valence-corrected chi connectivity index (χ4v) is 9.43. The van der Waals surface area contributed by atoms with Crippen molar-refractivity contribution in [3.8, 4) is 0 Å². The summed E-state index contributed by atoms with van der Waals surface area (Å²) in [7, 11) is 0. The van der Waals surface area contributed by atoms with Gasteiger partial charge in [-0.3, -0.25) is 0 Å². The van der Waals surface area contributed by atoms with Crippen LogP contribution < -0.4 is 0 Å². The first-order valence-corrected chi connectivity index (χ1v) is 58.5. The Hall–Kier alpha value is -1.20. The molecule has 0 aromatic heterocycles. The average Bonchev–Trinajstić information content (AvgIpc) is 1.05. The third-order valence-electron chi connectivity index (χ3n) is 16.7. The third kappa shape index (κ3) is 245. The predicted molar refractivity (Wildman–Crippen MR) is 626 cm³/mol. The summed E-state index contributed by atoms with van der Waals surface area (Å²) in [6.45, 7) is 130. The van der Waals surface area contributed by atoms with Crippen molar-refractivity contribution in [3.63, 3.8) is 0 Å². The number of rotatable bonds is 90. The van der Waals surface area contributed by atoms with E-state index in [0.29, 0.717) is 302 Å². The fraction of sp³-hybridized carbons (Fsp3) is 1.00. The lowest BCUT2D eigenvalue weighted by molar-refractivity contribution is -0.0185. The minimum Gasteiger partial charge on any atom is -0.379 e. The summed E-state index contributed by atoms with van der Waals surface area (Å²) >= 11 is 0. The molecule has 150 heavy (non-hydrogen) atoms. The molecule has 30 nitrogen and oxygen atoms in total. The first-order valence-electron chi connectivity index (χ1n) is 58.5. The van der Waals surface area contributed by atoms with Crippen LogP contribution in [0.1, 0.15) is 358 Å². The summed E-state index contributed by atoms with van der Waals surface area (Å²) in [5.41, 5.74) is 0. The van der Waals surface area contributed by atoms with E-state index in [1.54, 1.807) is 0 Å². The van der Waals surface area contributed by atoms with Gasteiger partial charge in [-0.15, -0.1) is 0 Å². The third-order valence-corrected chi connectivity index (χ3v) is 16.7. The molecular formula is C120H264O30. The van der Waals surface area contributed by atoms with Crippen LogP contribution in [-0.4, -0.2) is 388 Å². The molecule has 0 spiro atoms. The molecule has 0 saturated heterocycles. The molecule has 0 aliphatic heterocycles. The maximum Gasteiger partial charge on any atom is 0.0704 e. The lowest BCUT2D eigenvalue weighted by Crippen LogP contribution is -2.14. The quantitative estimate of drug-likeness (QED) is 0.0512. The highest BCUT2D eigenvalue weighted by Crippen LogP contribution is 2.07. The van der Waals surface area contributed by atoms with Gasteiger partial charge in [0, 0.05) is 52.9 Å². The molecule has 0 radical (unpaired) electrons. The molecule has 924 valence electrons. The maximum atomic E-state index is 5.43. The van der Waals surface area contributed by atoms with Gasteiger partial charge in [0.2, 0.25) is 0 Å². The Morgan fingerprint density at radius 1 is 0.0867 bits per heavy atom. The zero-order chi connectivity index (χ0) is 117. The molecule has 0 fully saturated rings. The van der Waals surface area contributed by atoms with E-state index in [9.17, 15) is 0 Å². The summed E-state index contributed by atoms with van der Waals surface area (Å²) in [4.78, 5) is 0. The second-order valence-electron chi connectivity index (χ2n) is 43.4. The first-order chi connectivity index (χ1) is 70.5. The van der Waals surface area contributed by atoms with Gasteiger partial charge in [0.15, 0.2) is 0 Å². The van der Waals surface area contributed by atoms with Crippen LogP contribution in [0.3, 0.4) is 0 Å². The van der Waals surface area contributed by atoms with Gasteiger partial charge in [0.05, 0.1) is 336 Å². The van der Waals surface area contributed by atoms with Gasteiger partial charge in [-0.05, 0) is 295 Å². The second kappa shape index (κ2) is 144. The highest BCUT2D eigenvalue weighted by atomic mass is 16.6. The molecule has 0 unspecified atom stereocenters. The molecule has 0 aromatic rings. The molecule has 0 amide bonds.